The molecule has 0 spiro atoms. The van der Waals surface area contributed by atoms with E-state index < -0.39 is 30.8 Å². The summed E-state index contributed by atoms with van der Waals surface area (Å²) >= 11 is 0. The number of aromatic nitrogens is 4. The van der Waals surface area contributed by atoms with Crippen molar-refractivity contribution < 1.29 is 37.0 Å². The van der Waals surface area contributed by atoms with Crippen molar-refractivity contribution in [2.24, 2.45) is 0 Å². The van der Waals surface area contributed by atoms with E-state index in [-0.39, 0.29) is 24.5 Å². The summed E-state index contributed by atoms with van der Waals surface area (Å²) in [6.45, 7) is -1.97. The lowest BCUT2D eigenvalue weighted by Gasteiger charge is -2.15. The SMILES string of the molecule is O=C(O)Cn1cc(CNC(=O)c2ccc(OCC(F)(F)C(F)F)nc2)nn1. The highest BCUT2D eigenvalue weighted by molar-refractivity contribution is 5.93. The zero-order valence-corrected chi connectivity index (χ0v) is 13.5. The third kappa shape index (κ3) is 5.90. The van der Waals surface area contributed by atoms with Gasteiger partial charge in [0.15, 0.2) is 6.61 Å². The highest BCUT2D eigenvalue weighted by atomic mass is 19.3. The molecule has 2 aromatic heterocycles. The summed E-state index contributed by atoms with van der Waals surface area (Å²) in [7, 11) is 0. The van der Waals surface area contributed by atoms with E-state index in [0.29, 0.717) is 5.69 Å². The molecule has 0 unspecified atom stereocenters. The quantitative estimate of drug-likeness (QED) is 0.611. The van der Waals surface area contributed by atoms with Gasteiger partial charge in [0.1, 0.15) is 12.2 Å². The predicted molar refractivity (Wildman–Crippen MR) is 79.5 cm³/mol. The number of hydrogen-bond acceptors (Lipinski definition) is 6. The lowest BCUT2D eigenvalue weighted by molar-refractivity contribution is -0.148. The molecule has 0 atom stereocenters. The molecule has 9 nitrogen and oxygen atoms in total. The van der Waals surface area contributed by atoms with Crippen LogP contribution in [0.25, 0.3) is 0 Å². The third-order valence-corrected chi connectivity index (χ3v) is 3.04. The number of carbonyl (C=O) groups is 2. The number of hydrogen-bond donors (Lipinski definition) is 2. The number of amides is 1. The first-order chi connectivity index (χ1) is 12.7. The minimum Gasteiger partial charge on any atom is -0.480 e. The number of alkyl halides is 4. The van der Waals surface area contributed by atoms with Gasteiger partial charge >= 0.3 is 18.3 Å². The molecule has 2 N–H and O–H groups in total. The zero-order chi connectivity index (χ0) is 20.0. The van der Waals surface area contributed by atoms with Crippen LogP contribution in [0.15, 0.2) is 24.5 Å². The van der Waals surface area contributed by atoms with Crippen molar-refractivity contribution in [2.75, 3.05) is 6.61 Å². The molecule has 0 saturated carbocycles. The summed E-state index contributed by atoms with van der Waals surface area (Å²) in [5, 5.41) is 18.3. The van der Waals surface area contributed by atoms with E-state index in [1.54, 1.807) is 0 Å². The standard InChI is InChI=1S/C14H13F4N5O4/c15-13(16)14(17,18)7-27-10-2-1-8(3-19-10)12(26)20-4-9-5-23(22-21-9)6-11(24)25/h1-3,5,13H,4,6-7H2,(H,20,26)(H,24,25). The van der Waals surface area contributed by atoms with E-state index in [9.17, 15) is 27.2 Å². The van der Waals surface area contributed by atoms with Gasteiger partial charge in [-0.25, -0.2) is 18.4 Å². The smallest absolute Gasteiger partial charge is 0.340 e. The van der Waals surface area contributed by atoms with E-state index in [0.717, 1.165) is 16.9 Å². The van der Waals surface area contributed by atoms with Crippen LogP contribution in [0.2, 0.25) is 0 Å². The lowest BCUT2D eigenvalue weighted by Crippen LogP contribution is -2.33. The zero-order valence-electron chi connectivity index (χ0n) is 13.5. The molecular formula is C14H13F4N5O4. The molecule has 0 aliphatic heterocycles. The minimum absolute atomic E-state index is 0.0443. The first kappa shape index (κ1) is 20.1. The fourth-order valence-corrected chi connectivity index (χ4v) is 1.74. The van der Waals surface area contributed by atoms with Crippen molar-refractivity contribution in [3.63, 3.8) is 0 Å². The van der Waals surface area contributed by atoms with Gasteiger partial charge in [0, 0.05) is 12.3 Å². The van der Waals surface area contributed by atoms with E-state index in [4.69, 9.17) is 5.11 Å². The van der Waals surface area contributed by atoms with Crippen molar-refractivity contribution in [1.29, 1.82) is 0 Å². The summed E-state index contributed by atoms with van der Waals surface area (Å²) in [5.41, 5.74) is 0.368. The van der Waals surface area contributed by atoms with E-state index >= 15 is 0 Å². The molecule has 0 saturated heterocycles. The molecule has 0 fully saturated rings. The molecule has 0 aliphatic rings. The molecule has 13 heteroatoms. The minimum atomic E-state index is -4.31. The second-order valence-electron chi connectivity index (χ2n) is 5.22. The fourth-order valence-electron chi connectivity index (χ4n) is 1.74. The molecule has 0 bridgehead atoms. The van der Waals surface area contributed by atoms with Gasteiger partial charge in [-0.3, -0.25) is 9.59 Å². The Hall–Kier alpha value is -3.25. The van der Waals surface area contributed by atoms with Crippen LogP contribution in [-0.4, -0.2) is 55.9 Å². The van der Waals surface area contributed by atoms with Gasteiger partial charge in [-0.05, 0) is 6.07 Å². The number of halogens is 4. The first-order valence-corrected chi connectivity index (χ1v) is 7.31. The average molecular weight is 391 g/mol. The maximum absolute atomic E-state index is 12.8. The van der Waals surface area contributed by atoms with Crippen molar-refractivity contribution in [2.45, 2.75) is 25.4 Å². The summed E-state index contributed by atoms with van der Waals surface area (Å²) < 4.78 is 55.1. The number of carboxylic acids is 1. The number of nitrogens with zero attached hydrogens (tertiary/aromatic N) is 4. The Morgan fingerprint density at radius 3 is 2.67 bits per heavy atom. The van der Waals surface area contributed by atoms with Crippen molar-refractivity contribution in [3.8, 4) is 5.88 Å². The largest absolute Gasteiger partial charge is 0.480 e. The number of nitrogens with one attached hydrogen (secondary N) is 1. The van der Waals surface area contributed by atoms with Gasteiger partial charge < -0.3 is 15.2 Å². The maximum Gasteiger partial charge on any atom is 0.340 e. The van der Waals surface area contributed by atoms with Gasteiger partial charge in [0.2, 0.25) is 5.88 Å². The van der Waals surface area contributed by atoms with Crippen molar-refractivity contribution in [1.82, 2.24) is 25.3 Å². The highest BCUT2D eigenvalue weighted by Gasteiger charge is 2.41. The molecule has 0 aromatic carbocycles. The third-order valence-electron chi connectivity index (χ3n) is 3.04. The Balaban J connectivity index is 1.86. The Labute approximate surface area is 149 Å². The molecule has 2 heterocycles. The van der Waals surface area contributed by atoms with Crippen LogP contribution >= 0.6 is 0 Å². The Morgan fingerprint density at radius 2 is 2.07 bits per heavy atom. The number of carbonyl (C=O) groups excluding carboxylic acids is 1. The molecule has 0 radical (unpaired) electrons. The van der Waals surface area contributed by atoms with Gasteiger partial charge in [-0.1, -0.05) is 5.21 Å². The number of rotatable bonds is 9. The summed E-state index contributed by atoms with van der Waals surface area (Å²) in [4.78, 5) is 26.1. The van der Waals surface area contributed by atoms with E-state index in [2.05, 4.69) is 25.3 Å². The second-order valence-corrected chi connectivity index (χ2v) is 5.22. The van der Waals surface area contributed by atoms with Gasteiger partial charge in [-0.15, -0.1) is 5.10 Å². The van der Waals surface area contributed by atoms with E-state index in [1.807, 2.05) is 0 Å². The van der Waals surface area contributed by atoms with Crippen LogP contribution in [0.5, 0.6) is 5.88 Å². The molecular weight excluding hydrogens is 378 g/mol. The summed E-state index contributed by atoms with van der Waals surface area (Å²) in [5.74, 6) is -6.34. The van der Waals surface area contributed by atoms with Gasteiger partial charge in [0.25, 0.3) is 5.91 Å². The Kier molecular flexibility index (Phi) is 6.26. The molecule has 146 valence electrons. The van der Waals surface area contributed by atoms with Crippen LogP contribution in [0.1, 0.15) is 16.1 Å². The number of pyridine rings is 1. The molecule has 2 rings (SSSR count). The fraction of sp³-hybridized carbons (Fsp3) is 0.357. The molecule has 0 aliphatic carbocycles. The predicted octanol–water partition coefficient (Wildman–Crippen LogP) is 0.967. The second kappa shape index (κ2) is 8.42. The van der Waals surface area contributed by atoms with Crippen LogP contribution in [0, 0.1) is 0 Å². The van der Waals surface area contributed by atoms with Gasteiger partial charge in [-0.2, -0.15) is 8.78 Å². The van der Waals surface area contributed by atoms with Crippen LogP contribution in [-0.2, 0) is 17.9 Å². The van der Waals surface area contributed by atoms with E-state index in [1.165, 1.54) is 12.3 Å². The van der Waals surface area contributed by atoms with Crippen LogP contribution in [0.3, 0.4) is 0 Å². The lowest BCUT2D eigenvalue weighted by atomic mass is 10.2. The summed E-state index contributed by atoms with van der Waals surface area (Å²) in [6, 6.07) is 2.29. The molecule has 2 aromatic rings. The topological polar surface area (TPSA) is 119 Å². The molecule has 27 heavy (non-hydrogen) atoms. The normalized spacial score (nSPS) is 11.4. The van der Waals surface area contributed by atoms with Crippen LogP contribution in [0.4, 0.5) is 17.6 Å². The van der Waals surface area contributed by atoms with Crippen molar-refractivity contribution >= 4 is 11.9 Å². The van der Waals surface area contributed by atoms with Crippen molar-refractivity contribution in [3.05, 3.63) is 35.8 Å². The van der Waals surface area contributed by atoms with Gasteiger partial charge in [0.05, 0.1) is 18.3 Å². The number of aliphatic carboxylic acids is 1. The maximum atomic E-state index is 12.8. The number of carboxylic acid groups (broad SMARTS) is 1. The Morgan fingerprint density at radius 1 is 1.33 bits per heavy atom. The first-order valence-electron chi connectivity index (χ1n) is 7.31. The highest BCUT2D eigenvalue weighted by Crippen LogP contribution is 2.23. The monoisotopic (exact) mass is 391 g/mol. The summed E-state index contributed by atoms with van der Waals surface area (Å²) in [6.07, 6.45) is -1.50. The molecule has 1 amide bonds. The number of ether oxygens (including phenoxy) is 1. The Bertz CT molecular complexity index is 797. The van der Waals surface area contributed by atoms with Crippen LogP contribution < -0.4 is 10.1 Å². The average Bonchev–Trinajstić information content (AvgIpc) is 3.05.